The number of nitrogens with zero attached hydrogens (tertiary/aromatic N) is 1. The largest absolute Gasteiger partial charge is 0.543 e. The second-order valence-corrected chi connectivity index (χ2v) is 16.6. The maximum absolute atomic E-state index is 12.9. The smallest absolute Gasteiger partial charge is 0.250 e. The Kier molecular flexibility index (Phi) is 7.86. The third-order valence-electron chi connectivity index (χ3n) is 8.47. The third-order valence-corrected chi connectivity index (χ3v) is 12.8. The lowest BCUT2D eigenvalue weighted by Crippen LogP contribution is -2.47. The number of fused-ring (bicyclic) bond motifs is 1. The summed E-state index contributed by atoms with van der Waals surface area (Å²) in [5.41, 5.74) is 3.35. The van der Waals surface area contributed by atoms with E-state index in [2.05, 4.69) is 38.8 Å². The highest BCUT2D eigenvalue weighted by atomic mass is 28.4. The van der Waals surface area contributed by atoms with Gasteiger partial charge in [-0.3, -0.25) is 14.5 Å². The van der Waals surface area contributed by atoms with Crippen LogP contribution in [0.2, 0.25) is 18.1 Å². The van der Waals surface area contributed by atoms with Crippen LogP contribution >= 0.6 is 0 Å². The number of methoxy groups -OCH3 is 2. The Morgan fingerprint density at radius 1 is 0.946 bits per heavy atom. The minimum absolute atomic E-state index is 0.00480. The van der Waals surface area contributed by atoms with Crippen molar-refractivity contribution < 1.29 is 23.5 Å². The van der Waals surface area contributed by atoms with Gasteiger partial charge >= 0.3 is 0 Å². The van der Waals surface area contributed by atoms with Crippen molar-refractivity contribution in [2.75, 3.05) is 20.8 Å². The first-order chi connectivity index (χ1) is 17.5. The lowest BCUT2D eigenvalue weighted by atomic mass is 9.82. The van der Waals surface area contributed by atoms with Crippen LogP contribution in [0.3, 0.4) is 0 Å². The van der Waals surface area contributed by atoms with Gasteiger partial charge in [0.05, 0.1) is 14.2 Å². The molecule has 2 aliphatic heterocycles. The van der Waals surface area contributed by atoms with Crippen molar-refractivity contribution in [2.24, 2.45) is 0 Å². The molecule has 0 N–H and O–H groups in total. The molecule has 0 saturated carbocycles. The van der Waals surface area contributed by atoms with Crippen LogP contribution in [0.1, 0.15) is 74.8 Å². The highest BCUT2D eigenvalue weighted by Crippen LogP contribution is 2.48. The zero-order valence-corrected chi connectivity index (χ0v) is 24.3. The number of Topliss-reactive ketones (excluding diaryl/α,β-unsaturated/α-hetero) is 1. The monoisotopic (exact) mass is 523 g/mol. The van der Waals surface area contributed by atoms with Gasteiger partial charge in [-0.25, -0.2) is 0 Å². The minimum atomic E-state index is -2.18. The molecule has 2 saturated heterocycles. The highest BCUT2D eigenvalue weighted by molar-refractivity contribution is 6.74. The van der Waals surface area contributed by atoms with E-state index < -0.39 is 8.32 Å². The number of rotatable bonds is 7. The van der Waals surface area contributed by atoms with E-state index in [-0.39, 0.29) is 17.1 Å². The molecule has 0 aromatic heterocycles. The van der Waals surface area contributed by atoms with Gasteiger partial charge in [-0.15, -0.1) is 0 Å². The van der Waals surface area contributed by atoms with Crippen molar-refractivity contribution in [3.63, 3.8) is 0 Å². The molecule has 0 bridgehead atoms. The van der Waals surface area contributed by atoms with E-state index in [0.29, 0.717) is 35.7 Å². The SMILES string of the molecule is COc1cc(-c2cc(C=O)ccc2O[Si](C)(C)C(C)(C)C)c([C@@H]2CC(=O)C[C@@H]3CCCCN32)cc1OC. The molecule has 6 nitrogen and oxygen atoms in total. The van der Waals surface area contributed by atoms with E-state index in [9.17, 15) is 9.59 Å². The molecular formula is C30H41NO5Si. The maximum Gasteiger partial charge on any atom is 0.250 e. The fourth-order valence-electron chi connectivity index (χ4n) is 5.37. The van der Waals surface area contributed by atoms with Crippen molar-refractivity contribution in [2.45, 2.75) is 83.1 Å². The Hall–Kier alpha value is -2.64. The van der Waals surface area contributed by atoms with Gasteiger partial charge in [0.1, 0.15) is 17.8 Å². The molecule has 7 heteroatoms. The van der Waals surface area contributed by atoms with Crippen LogP contribution < -0.4 is 13.9 Å². The Bertz CT molecular complexity index is 1170. The fraction of sp³-hybridized carbons (Fsp3) is 0.533. The quantitative estimate of drug-likeness (QED) is 0.293. The summed E-state index contributed by atoms with van der Waals surface area (Å²) < 4.78 is 18.2. The normalized spacial score (nSPS) is 20.8. The van der Waals surface area contributed by atoms with Crippen molar-refractivity contribution in [3.8, 4) is 28.4 Å². The number of aldehydes is 1. The summed E-state index contributed by atoms with van der Waals surface area (Å²) in [6.45, 7) is 12.0. The highest BCUT2D eigenvalue weighted by Gasteiger charge is 2.41. The van der Waals surface area contributed by atoms with Gasteiger partial charge in [0.2, 0.25) is 0 Å². The second-order valence-electron chi connectivity index (χ2n) is 11.9. The minimum Gasteiger partial charge on any atom is -0.543 e. The third kappa shape index (κ3) is 5.48. The van der Waals surface area contributed by atoms with Crippen LogP contribution in [0, 0.1) is 0 Å². The molecule has 2 fully saturated rings. The van der Waals surface area contributed by atoms with Gasteiger partial charge in [-0.2, -0.15) is 0 Å². The lowest BCUT2D eigenvalue weighted by molar-refractivity contribution is -0.126. The molecule has 4 rings (SSSR count). The molecule has 2 aromatic carbocycles. The van der Waals surface area contributed by atoms with Crippen LogP contribution in [0.5, 0.6) is 17.2 Å². The van der Waals surface area contributed by atoms with E-state index in [1.54, 1.807) is 14.2 Å². The molecule has 2 heterocycles. The first kappa shape index (κ1) is 27.4. The van der Waals surface area contributed by atoms with E-state index >= 15 is 0 Å². The molecule has 0 amide bonds. The first-order valence-corrected chi connectivity index (χ1v) is 16.2. The van der Waals surface area contributed by atoms with Crippen molar-refractivity contribution in [3.05, 3.63) is 41.5 Å². The molecule has 2 aliphatic rings. The Morgan fingerprint density at radius 3 is 2.30 bits per heavy atom. The van der Waals surface area contributed by atoms with E-state index in [4.69, 9.17) is 13.9 Å². The zero-order valence-electron chi connectivity index (χ0n) is 23.3. The van der Waals surface area contributed by atoms with Crippen LogP contribution in [0.4, 0.5) is 0 Å². The Labute approximate surface area is 222 Å². The van der Waals surface area contributed by atoms with Crippen molar-refractivity contribution in [1.29, 1.82) is 0 Å². The predicted molar refractivity (Wildman–Crippen MR) is 150 cm³/mol. The summed E-state index contributed by atoms with van der Waals surface area (Å²) in [5, 5.41) is 0.00480. The molecule has 0 unspecified atom stereocenters. The van der Waals surface area contributed by atoms with Gasteiger partial charge < -0.3 is 13.9 Å². The average Bonchev–Trinajstić information content (AvgIpc) is 2.86. The van der Waals surface area contributed by atoms with E-state index in [1.807, 2.05) is 30.3 Å². The number of hydrogen-bond donors (Lipinski definition) is 0. The summed E-state index contributed by atoms with van der Waals surface area (Å²) in [7, 11) is 1.08. The molecular weight excluding hydrogens is 482 g/mol. The molecule has 37 heavy (non-hydrogen) atoms. The number of piperidine rings is 2. The van der Waals surface area contributed by atoms with Crippen LogP contribution in [0.15, 0.2) is 30.3 Å². The summed E-state index contributed by atoms with van der Waals surface area (Å²) in [6, 6.07) is 9.83. The Morgan fingerprint density at radius 2 is 1.65 bits per heavy atom. The van der Waals surface area contributed by atoms with Crippen molar-refractivity contribution >= 4 is 20.4 Å². The molecule has 0 radical (unpaired) electrons. The fourth-order valence-corrected chi connectivity index (χ4v) is 6.41. The van der Waals surface area contributed by atoms with E-state index in [0.717, 1.165) is 54.5 Å². The number of hydrogen-bond acceptors (Lipinski definition) is 6. The van der Waals surface area contributed by atoms with Crippen LogP contribution in [-0.2, 0) is 4.79 Å². The lowest BCUT2D eigenvalue weighted by Gasteiger charge is -2.45. The second kappa shape index (κ2) is 10.6. The summed E-state index contributed by atoms with van der Waals surface area (Å²) in [6.07, 6.45) is 5.29. The molecule has 0 spiro atoms. The molecule has 2 atom stereocenters. The van der Waals surface area contributed by atoms with Gasteiger partial charge in [0, 0.05) is 36.1 Å². The predicted octanol–water partition coefficient (Wildman–Crippen LogP) is 6.83. The summed E-state index contributed by atoms with van der Waals surface area (Å²) in [5.74, 6) is 2.29. The number of carbonyl (C=O) groups is 2. The number of ketones is 1. The van der Waals surface area contributed by atoms with Crippen LogP contribution in [0.25, 0.3) is 11.1 Å². The molecule has 0 aliphatic carbocycles. The van der Waals surface area contributed by atoms with Gasteiger partial charge in [0.15, 0.2) is 11.5 Å². The van der Waals surface area contributed by atoms with E-state index in [1.165, 1.54) is 0 Å². The van der Waals surface area contributed by atoms with Gasteiger partial charge in [-0.1, -0.05) is 27.2 Å². The number of ether oxygens (including phenoxy) is 2. The first-order valence-electron chi connectivity index (χ1n) is 13.3. The Balaban J connectivity index is 1.94. The molecule has 200 valence electrons. The standard InChI is InChI=1S/C30H41NO5Si/c1-30(2,3)37(6,7)36-27-12-11-20(19-32)14-25(27)23-17-28(34-4)29(35-5)18-24(23)26-16-22(33)15-21-10-8-9-13-31(21)26/h11-12,14,17-19,21,26H,8-10,13,15-16H2,1-7H3/t21-,26-/m0/s1. The summed E-state index contributed by atoms with van der Waals surface area (Å²) in [4.78, 5) is 27.3. The maximum atomic E-state index is 12.9. The van der Waals surface area contributed by atoms with Gasteiger partial charge in [0.25, 0.3) is 8.32 Å². The molecule has 2 aromatic rings. The number of carbonyl (C=O) groups excluding carboxylic acids is 2. The zero-order chi connectivity index (χ0) is 27.0. The van der Waals surface area contributed by atoms with Gasteiger partial charge in [-0.05, 0) is 79.0 Å². The van der Waals surface area contributed by atoms with Crippen LogP contribution in [-0.4, -0.2) is 52.1 Å². The van der Waals surface area contributed by atoms with Crippen molar-refractivity contribution in [1.82, 2.24) is 4.90 Å². The average molecular weight is 524 g/mol. The number of benzene rings is 2. The topological polar surface area (TPSA) is 65.1 Å². The summed E-state index contributed by atoms with van der Waals surface area (Å²) >= 11 is 0.